The van der Waals surface area contributed by atoms with Crippen molar-refractivity contribution < 1.29 is 4.74 Å². The highest BCUT2D eigenvalue weighted by atomic mass is 16.5. The Morgan fingerprint density at radius 1 is 1.37 bits per heavy atom. The van der Waals surface area contributed by atoms with E-state index in [2.05, 4.69) is 30.3 Å². The molecule has 1 heterocycles. The van der Waals surface area contributed by atoms with Crippen molar-refractivity contribution in [1.29, 1.82) is 0 Å². The summed E-state index contributed by atoms with van der Waals surface area (Å²) < 4.78 is 7.90. The zero-order valence-electron chi connectivity index (χ0n) is 12.0. The fraction of sp³-hybridized carbons (Fsp3) is 0.533. The Hall–Kier alpha value is -1.55. The number of nitrogens with zero attached hydrogens (tertiary/aromatic N) is 2. The number of aryl methyl sites for hydroxylation is 1. The summed E-state index contributed by atoms with van der Waals surface area (Å²) in [4.78, 5) is 4.69. The molecule has 2 N–H and O–H groups in total. The van der Waals surface area contributed by atoms with Gasteiger partial charge in [0.2, 0.25) is 0 Å². The monoisotopic (exact) mass is 261 g/mol. The number of fused-ring (bicyclic) bond motifs is 1. The van der Waals surface area contributed by atoms with Gasteiger partial charge in [-0.25, -0.2) is 4.98 Å². The average molecular weight is 261 g/mol. The van der Waals surface area contributed by atoms with E-state index >= 15 is 0 Å². The number of hydrogen-bond acceptors (Lipinski definition) is 3. The summed E-state index contributed by atoms with van der Waals surface area (Å²) in [7, 11) is 0. The molecule has 0 aliphatic carbocycles. The summed E-state index contributed by atoms with van der Waals surface area (Å²) in [6.07, 6.45) is 2.33. The minimum absolute atomic E-state index is 0.264. The Labute approximate surface area is 114 Å². The smallest absolute Gasteiger partial charge is 0.109 e. The number of ether oxygens (including phenoxy) is 1. The van der Waals surface area contributed by atoms with E-state index in [-0.39, 0.29) is 6.10 Å². The Bertz CT molecular complexity index is 546. The van der Waals surface area contributed by atoms with Gasteiger partial charge in [0.25, 0.3) is 0 Å². The molecule has 0 aliphatic heterocycles. The van der Waals surface area contributed by atoms with Crippen molar-refractivity contribution >= 4 is 16.7 Å². The first-order valence-corrected chi connectivity index (χ1v) is 6.98. The van der Waals surface area contributed by atoms with Crippen LogP contribution >= 0.6 is 0 Å². The second-order valence-corrected chi connectivity index (χ2v) is 5.10. The van der Waals surface area contributed by atoms with Crippen LogP contribution in [0, 0.1) is 0 Å². The minimum Gasteiger partial charge on any atom is -0.399 e. The van der Waals surface area contributed by atoms with Crippen molar-refractivity contribution in [2.75, 3.05) is 12.3 Å². The second-order valence-electron chi connectivity index (χ2n) is 5.10. The van der Waals surface area contributed by atoms with Crippen molar-refractivity contribution in [2.24, 2.45) is 0 Å². The molecule has 0 atom stereocenters. The number of nitrogens with two attached hydrogens (primary N) is 1. The minimum atomic E-state index is 0.264. The maximum absolute atomic E-state index is 5.82. The topological polar surface area (TPSA) is 53.1 Å². The van der Waals surface area contributed by atoms with Gasteiger partial charge in [0.15, 0.2) is 0 Å². The lowest BCUT2D eigenvalue weighted by molar-refractivity contribution is 0.0729. The van der Waals surface area contributed by atoms with Crippen molar-refractivity contribution in [3.8, 4) is 0 Å². The molecule has 0 aliphatic rings. The maximum atomic E-state index is 5.82. The van der Waals surface area contributed by atoms with Gasteiger partial charge in [-0.1, -0.05) is 6.92 Å². The highest BCUT2D eigenvalue weighted by molar-refractivity contribution is 5.79. The zero-order valence-corrected chi connectivity index (χ0v) is 12.0. The number of rotatable bonds is 6. The molecular weight excluding hydrogens is 238 g/mol. The third-order valence-corrected chi connectivity index (χ3v) is 3.09. The predicted octanol–water partition coefficient (Wildman–Crippen LogP) is 3.00. The van der Waals surface area contributed by atoms with Crippen LogP contribution in [0.4, 0.5) is 5.69 Å². The van der Waals surface area contributed by atoms with E-state index in [0.717, 1.165) is 41.9 Å². The quantitative estimate of drug-likeness (QED) is 0.813. The fourth-order valence-electron chi connectivity index (χ4n) is 2.24. The van der Waals surface area contributed by atoms with Gasteiger partial charge in [0, 0.05) is 18.7 Å². The molecule has 0 bridgehead atoms. The summed E-state index contributed by atoms with van der Waals surface area (Å²) in [6, 6.07) is 5.92. The molecule has 104 valence electrons. The number of nitrogen functional groups attached to an aromatic ring is 1. The molecule has 0 radical (unpaired) electrons. The number of benzene rings is 1. The molecule has 0 saturated carbocycles. The van der Waals surface area contributed by atoms with Crippen molar-refractivity contribution in [3.63, 3.8) is 0 Å². The SMILES string of the molecule is CCCc1nc2cc(N)ccc2n1CCOC(C)C. The standard InChI is InChI=1S/C15H23N3O/c1-4-5-15-17-13-10-12(16)6-7-14(13)18(15)8-9-19-11(2)3/h6-7,10-11H,4-5,8-9,16H2,1-3H3. The third kappa shape index (κ3) is 3.26. The molecule has 2 aromatic rings. The van der Waals surface area contributed by atoms with Gasteiger partial charge in [-0.15, -0.1) is 0 Å². The van der Waals surface area contributed by atoms with Crippen LogP contribution in [0.1, 0.15) is 33.0 Å². The second kappa shape index (κ2) is 6.06. The molecule has 0 amide bonds. The van der Waals surface area contributed by atoms with E-state index < -0.39 is 0 Å². The number of aromatic nitrogens is 2. The first kappa shape index (κ1) is 13.9. The summed E-state index contributed by atoms with van der Waals surface area (Å²) in [5, 5.41) is 0. The fourth-order valence-corrected chi connectivity index (χ4v) is 2.24. The van der Waals surface area contributed by atoms with Gasteiger partial charge in [0.05, 0.1) is 23.7 Å². The van der Waals surface area contributed by atoms with Crippen LogP contribution in [-0.2, 0) is 17.7 Å². The lowest BCUT2D eigenvalue weighted by atomic mass is 10.3. The van der Waals surface area contributed by atoms with Crippen molar-refractivity contribution in [2.45, 2.75) is 46.3 Å². The lowest BCUT2D eigenvalue weighted by Crippen LogP contribution is -2.12. The molecule has 0 spiro atoms. The molecule has 2 rings (SSSR count). The molecule has 1 aromatic heterocycles. The summed E-state index contributed by atoms with van der Waals surface area (Å²) in [5.74, 6) is 1.12. The van der Waals surface area contributed by atoms with Crippen LogP contribution in [0.5, 0.6) is 0 Å². The normalized spacial score (nSPS) is 11.6. The van der Waals surface area contributed by atoms with E-state index in [0.29, 0.717) is 6.61 Å². The average Bonchev–Trinajstić information content (AvgIpc) is 2.66. The van der Waals surface area contributed by atoms with Crippen LogP contribution in [-0.4, -0.2) is 22.3 Å². The third-order valence-electron chi connectivity index (χ3n) is 3.09. The molecule has 0 saturated heterocycles. The van der Waals surface area contributed by atoms with Gasteiger partial charge in [0.1, 0.15) is 5.82 Å². The Morgan fingerprint density at radius 2 is 2.16 bits per heavy atom. The molecule has 19 heavy (non-hydrogen) atoms. The van der Waals surface area contributed by atoms with E-state index in [9.17, 15) is 0 Å². The molecule has 1 aromatic carbocycles. The number of anilines is 1. The van der Waals surface area contributed by atoms with Gasteiger partial charge in [-0.2, -0.15) is 0 Å². The summed E-state index contributed by atoms with van der Waals surface area (Å²) in [5.41, 5.74) is 8.71. The predicted molar refractivity (Wildman–Crippen MR) is 79.2 cm³/mol. The number of imidazole rings is 1. The Morgan fingerprint density at radius 3 is 2.84 bits per heavy atom. The largest absolute Gasteiger partial charge is 0.399 e. The number of hydrogen-bond donors (Lipinski definition) is 1. The van der Waals surface area contributed by atoms with Crippen molar-refractivity contribution in [1.82, 2.24) is 9.55 Å². The highest BCUT2D eigenvalue weighted by Gasteiger charge is 2.10. The summed E-state index contributed by atoms with van der Waals surface area (Å²) in [6.45, 7) is 7.83. The zero-order chi connectivity index (χ0) is 13.8. The molecule has 0 unspecified atom stereocenters. The van der Waals surface area contributed by atoms with E-state index in [4.69, 9.17) is 10.5 Å². The first-order valence-electron chi connectivity index (χ1n) is 6.98. The lowest BCUT2D eigenvalue weighted by Gasteiger charge is -2.11. The van der Waals surface area contributed by atoms with Crippen molar-refractivity contribution in [3.05, 3.63) is 24.0 Å². The molecule has 4 heteroatoms. The first-order chi connectivity index (χ1) is 9.11. The van der Waals surface area contributed by atoms with Crippen LogP contribution < -0.4 is 5.73 Å². The van der Waals surface area contributed by atoms with Crippen LogP contribution in [0.2, 0.25) is 0 Å². The van der Waals surface area contributed by atoms with Crippen LogP contribution in [0.3, 0.4) is 0 Å². The van der Waals surface area contributed by atoms with E-state index in [1.54, 1.807) is 0 Å². The van der Waals surface area contributed by atoms with Crippen LogP contribution in [0.15, 0.2) is 18.2 Å². The highest BCUT2D eigenvalue weighted by Crippen LogP contribution is 2.20. The van der Waals surface area contributed by atoms with Gasteiger partial charge < -0.3 is 15.0 Å². The summed E-state index contributed by atoms with van der Waals surface area (Å²) >= 11 is 0. The molecule has 0 fully saturated rings. The molecular formula is C15H23N3O. The van der Waals surface area contributed by atoms with Crippen LogP contribution in [0.25, 0.3) is 11.0 Å². The van der Waals surface area contributed by atoms with E-state index in [1.165, 1.54) is 0 Å². The maximum Gasteiger partial charge on any atom is 0.109 e. The van der Waals surface area contributed by atoms with E-state index in [1.807, 2.05) is 18.2 Å². The Kier molecular flexibility index (Phi) is 4.43. The van der Waals surface area contributed by atoms with Gasteiger partial charge in [-0.05, 0) is 38.5 Å². The Balaban J connectivity index is 2.29. The van der Waals surface area contributed by atoms with Gasteiger partial charge in [-0.3, -0.25) is 0 Å². The molecule has 4 nitrogen and oxygen atoms in total. The van der Waals surface area contributed by atoms with Gasteiger partial charge >= 0.3 is 0 Å².